The van der Waals surface area contributed by atoms with Gasteiger partial charge in [-0.25, -0.2) is 0 Å². The molecule has 1 aliphatic heterocycles. The number of hydrogen-bond donors (Lipinski definition) is 2. The van der Waals surface area contributed by atoms with E-state index in [4.69, 9.17) is 28.6 Å². The Balaban J connectivity index is 2.20. The monoisotopic (exact) mass is 274 g/mol. The Bertz CT molecular complexity index is 454. The number of amides is 1. The molecule has 2 aliphatic rings. The van der Waals surface area contributed by atoms with Crippen molar-refractivity contribution in [3.8, 4) is 0 Å². The van der Waals surface area contributed by atoms with Gasteiger partial charge in [0.1, 0.15) is 0 Å². The Kier molecular flexibility index (Phi) is 3.42. The molecule has 0 spiro atoms. The predicted molar refractivity (Wildman–Crippen MR) is 67.8 cm³/mol. The quantitative estimate of drug-likeness (QED) is 0.571. The lowest BCUT2D eigenvalue weighted by Gasteiger charge is -2.11. The van der Waals surface area contributed by atoms with Crippen molar-refractivity contribution >= 4 is 46.0 Å². The summed E-state index contributed by atoms with van der Waals surface area (Å²) in [5, 5.41) is 10.3. The summed E-state index contributed by atoms with van der Waals surface area (Å²) in [6, 6.07) is 0. The summed E-state index contributed by atoms with van der Waals surface area (Å²) in [6.07, 6.45) is 6.03. The van der Waals surface area contributed by atoms with Crippen molar-refractivity contribution < 1.29 is 4.79 Å². The van der Waals surface area contributed by atoms with Crippen LogP contribution in [-0.2, 0) is 4.79 Å². The summed E-state index contributed by atoms with van der Waals surface area (Å²) < 4.78 is 0. The van der Waals surface area contributed by atoms with E-state index in [2.05, 4.69) is 5.32 Å². The van der Waals surface area contributed by atoms with E-state index in [0.29, 0.717) is 16.4 Å². The zero-order valence-corrected chi connectivity index (χ0v) is 10.4. The van der Waals surface area contributed by atoms with Crippen molar-refractivity contribution in [3.05, 3.63) is 33.7 Å². The second-order valence-corrected chi connectivity index (χ2v) is 5.35. The average Bonchev–Trinajstić information content (AvgIpc) is 2.51. The maximum atomic E-state index is 11.4. The van der Waals surface area contributed by atoms with Crippen LogP contribution in [0.4, 0.5) is 0 Å². The predicted octanol–water partition coefficient (Wildman–Crippen LogP) is 2.73. The van der Waals surface area contributed by atoms with E-state index >= 15 is 0 Å². The van der Waals surface area contributed by atoms with Crippen molar-refractivity contribution in [2.24, 2.45) is 0 Å². The summed E-state index contributed by atoms with van der Waals surface area (Å²) in [4.78, 5) is 11.9. The van der Waals surface area contributed by atoms with E-state index < -0.39 is 0 Å². The average molecular weight is 275 g/mol. The smallest absolute Gasteiger partial charge is 0.264 e. The number of rotatable bonds is 1. The molecule has 1 atom stereocenters. The summed E-state index contributed by atoms with van der Waals surface area (Å²) in [5.74, 6) is -0.242. The van der Waals surface area contributed by atoms with Crippen LogP contribution < -0.4 is 5.32 Å². The number of allylic oxidation sites excluding steroid dienone is 5. The Morgan fingerprint density at radius 1 is 1.62 bits per heavy atom. The number of hydrogen-bond acceptors (Lipinski definition) is 3. The fourth-order valence-corrected chi connectivity index (χ4v) is 2.42. The van der Waals surface area contributed by atoms with Crippen molar-refractivity contribution in [2.75, 3.05) is 0 Å². The van der Waals surface area contributed by atoms with Crippen LogP contribution in [0.15, 0.2) is 33.7 Å². The largest absolute Gasteiger partial charge is 0.301 e. The molecule has 1 heterocycles. The van der Waals surface area contributed by atoms with Crippen LogP contribution in [0, 0.1) is 5.41 Å². The first-order valence-corrected chi connectivity index (χ1v) is 6.20. The molecule has 1 fully saturated rings. The molecule has 0 radical (unpaired) electrons. The SMILES string of the molecule is N=C1NC(=O)/C(=C/C2=CCC(Cl)C(Cl)=C2)S1. The number of thioether (sulfide) groups is 1. The van der Waals surface area contributed by atoms with Crippen LogP contribution in [-0.4, -0.2) is 16.5 Å². The molecule has 16 heavy (non-hydrogen) atoms. The molecular formula is C10H8Cl2N2OS. The first kappa shape index (κ1) is 11.8. The van der Waals surface area contributed by atoms with Gasteiger partial charge in [-0.05, 0) is 35.9 Å². The van der Waals surface area contributed by atoms with Gasteiger partial charge in [-0.1, -0.05) is 17.7 Å². The molecule has 1 amide bonds. The summed E-state index contributed by atoms with van der Waals surface area (Å²) in [7, 11) is 0. The standard InChI is InChI=1S/C10H8Cl2N2OS/c11-6-2-1-5(3-7(6)12)4-8-9(15)14-10(13)16-8/h1,3-4,6H,2H2,(H2,13,14,15)/b8-4-. The summed E-state index contributed by atoms with van der Waals surface area (Å²) >= 11 is 12.9. The molecule has 0 aromatic rings. The van der Waals surface area contributed by atoms with Crippen LogP contribution in [0.3, 0.4) is 0 Å². The lowest BCUT2D eigenvalue weighted by atomic mass is 10.1. The minimum Gasteiger partial charge on any atom is -0.301 e. The minimum atomic E-state index is -0.242. The van der Waals surface area contributed by atoms with Crippen molar-refractivity contribution in [3.63, 3.8) is 0 Å². The van der Waals surface area contributed by atoms with Crippen LogP contribution >= 0.6 is 35.0 Å². The highest BCUT2D eigenvalue weighted by molar-refractivity contribution is 8.18. The van der Waals surface area contributed by atoms with Gasteiger partial charge in [-0.2, -0.15) is 0 Å². The molecule has 0 bridgehead atoms. The topological polar surface area (TPSA) is 53.0 Å². The molecule has 1 saturated heterocycles. The van der Waals surface area contributed by atoms with Gasteiger partial charge in [-0.3, -0.25) is 10.2 Å². The second kappa shape index (κ2) is 4.65. The van der Waals surface area contributed by atoms with E-state index in [9.17, 15) is 4.79 Å². The van der Waals surface area contributed by atoms with E-state index in [1.54, 1.807) is 12.2 Å². The van der Waals surface area contributed by atoms with E-state index in [-0.39, 0.29) is 16.5 Å². The van der Waals surface area contributed by atoms with E-state index in [1.165, 1.54) is 0 Å². The Hall–Kier alpha value is -0.710. The minimum absolute atomic E-state index is 0.151. The number of alkyl halides is 1. The van der Waals surface area contributed by atoms with Crippen molar-refractivity contribution in [2.45, 2.75) is 11.8 Å². The number of carbonyl (C=O) groups excluding carboxylic acids is 1. The van der Waals surface area contributed by atoms with Crippen LogP contribution in [0.25, 0.3) is 0 Å². The van der Waals surface area contributed by atoms with Crippen molar-refractivity contribution in [1.82, 2.24) is 5.32 Å². The lowest BCUT2D eigenvalue weighted by Crippen LogP contribution is -2.18. The van der Waals surface area contributed by atoms with Crippen LogP contribution in [0.1, 0.15) is 6.42 Å². The third-order valence-corrected chi connectivity index (χ3v) is 3.85. The summed E-state index contributed by atoms with van der Waals surface area (Å²) in [5.41, 5.74) is 0.856. The molecule has 2 rings (SSSR count). The molecule has 1 aliphatic carbocycles. The zero-order valence-electron chi connectivity index (χ0n) is 8.09. The molecular weight excluding hydrogens is 267 g/mol. The van der Waals surface area contributed by atoms with Crippen LogP contribution in [0.5, 0.6) is 0 Å². The number of nitrogens with one attached hydrogen (secondary N) is 2. The molecule has 2 N–H and O–H groups in total. The molecule has 0 saturated carbocycles. The molecule has 0 aromatic carbocycles. The first-order valence-electron chi connectivity index (χ1n) is 4.57. The maximum absolute atomic E-state index is 11.4. The summed E-state index contributed by atoms with van der Waals surface area (Å²) in [6.45, 7) is 0. The highest BCUT2D eigenvalue weighted by Gasteiger charge is 2.23. The van der Waals surface area contributed by atoms with Gasteiger partial charge < -0.3 is 5.32 Å². The molecule has 1 unspecified atom stereocenters. The Morgan fingerprint density at radius 2 is 2.38 bits per heavy atom. The fourth-order valence-electron chi connectivity index (χ4n) is 1.35. The normalized spacial score (nSPS) is 27.9. The number of amidine groups is 1. The molecule has 84 valence electrons. The van der Waals surface area contributed by atoms with Gasteiger partial charge in [-0.15, -0.1) is 11.6 Å². The number of carbonyl (C=O) groups is 1. The zero-order chi connectivity index (χ0) is 11.7. The maximum Gasteiger partial charge on any atom is 0.264 e. The van der Waals surface area contributed by atoms with Gasteiger partial charge in [0.15, 0.2) is 5.17 Å². The molecule has 6 heteroatoms. The van der Waals surface area contributed by atoms with Crippen molar-refractivity contribution in [1.29, 1.82) is 5.41 Å². The third-order valence-electron chi connectivity index (χ3n) is 2.12. The van der Waals surface area contributed by atoms with Crippen LogP contribution in [0.2, 0.25) is 0 Å². The Labute approximate surface area is 107 Å². The highest BCUT2D eigenvalue weighted by atomic mass is 35.5. The van der Waals surface area contributed by atoms with Gasteiger partial charge in [0.2, 0.25) is 0 Å². The second-order valence-electron chi connectivity index (χ2n) is 3.33. The number of halogens is 2. The fraction of sp³-hybridized carbons (Fsp3) is 0.200. The molecule has 3 nitrogen and oxygen atoms in total. The first-order chi connectivity index (χ1) is 7.56. The van der Waals surface area contributed by atoms with Gasteiger partial charge in [0.25, 0.3) is 5.91 Å². The van der Waals surface area contributed by atoms with E-state index in [1.807, 2.05) is 6.08 Å². The van der Waals surface area contributed by atoms with Gasteiger partial charge >= 0.3 is 0 Å². The van der Waals surface area contributed by atoms with Gasteiger partial charge in [0.05, 0.1) is 10.3 Å². The van der Waals surface area contributed by atoms with Gasteiger partial charge in [0, 0.05) is 5.03 Å². The Morgan fingerprint density at radius 3 is 2.94 bits per heavy atom. The third kappa shape index (κ3) is 2.51. The molecule has 0 aromatic heterocycles. The highest BCUT2D eigenvalue weighted by Crippen LogP contribution is 2.29. The lowest BCUT2D eigenvalue weighted by molar-refractivity contribution is -0.115. The van der Waals surface area contributed by atoms with E-state index in [0.717, 1.165) is 17.3 Å².